The Balaban J connectivity index is 1.95. The zero-order valence-corrected chi connectivity index (χ0v) is 17.6. The highest BCUT2D eigenvalue weighted by molar-refractivity contribution is 6.31. The Morgan fingerprint density at radius 3 is 2.33 bits per heavy atom. The van der Waals surface area contributed by atoms with Crippen molar-refractivity contribution in [1.82, 2.24) is 5.32 Å². The summed E-state index contributed by atoms with van der Waals surface area (Å²) < 4.78 is 16.8. The molecule has 0 bridgehead atoms. The van der Waals surface area contributed by atoms with Crippen LogP contribution >= 0.6 is 11.6 Å². The fraction of sp³-hybridized carbons (Fsp3) is 0.455. The predicted octanol–water partition coefficient (Wildman–Crippen LogP) is 5.43. The van der Waals surface area contributed by atoms with Gasteiger partial charge in [-0.2, -0.15) is 0 Å². The summed E-state index contributed by atoms with van der Waals surface area (Å²) in [6, 6.07) is 12.0. The van der Waals surface area contributed by atoms with Crippen molar-refractivity contribution in [2.75, 3.05) is 20.8 Å². The summed E-state index contributed by atoms with van der Waals surface area (Å²) in [5, 5.41) is 4.06. The van der Waals surface area contributed by atoms with Gasteiger partial charge in [0.1, 0.15) is 11.9 Å². The third kappa shape index (κ3) is 5.78. The van der Waals surface area contributed by atoms with E-state index in [9.17, 15) is 0 Å². The normalized spacial score (nSPS) is 13.1. The minimum absolute atomic E-state index is 0.0362. The molecule has 2 atom stereocenters. The maximum absolute atomic E-state index is 6.35. The van der Waals surface area contributed by atoms with Gasteiger partial charge in [0.05, 0.1) is 14.2 Å². The molecule has 0 heterocycles. The van der Waals surface area contributed by atoms with E-state index in [1.54, 1.807) is 20.3 Å². The Kier molecular flexibility index (Phi) is 8.26. The van der Waals surface area contributed by atoms with Crippen LogP contribution in [0.15, 0.2) is 36.4 Å². The lowest BCUT2D eigenvalue weighted by atomic mass is 9.98. The first-order chi connectivity index (χ1) is 13.0. The Labute approximate surface area is 167 Å². The molecule has 27 heavy (non-hydrogen) atoms. The smallest absolute Gasteiger partial charge is 0.162 e. The molecule has 148 valence electrons. The van der Waals surface area contributed by atoms with Crippen LogP contribution in [0.3, 0.4) is 0 Å². The third-order valence-electron chi connectivity index (χ3n) is 4.69. The van der Waals surface area contributed by atoms with Crippen molar-refractivity contribution in [3.8, 4) is 17.2 Å². The Morgan fingerprint density at radius 1 is 1.00 bits per heavy atom. The van der Waals surface area contributed by atoms with Crippen LogP contribution in [-0.2, 0) is 6.54 Å². The van der Waals surface area contributed by atoms with E-state index in [1.165, 1.54) is 5.56 Å². The van der Waals surface area contributed by atoms with Gasteiger partial charge < -0.3 is 19.5 Å². The maximum Gasteiger partial charge on any atom is 0.162 e. The third-order valence-corrected chi connectivity index (χ3v) is 5.04. The summed E-state index contributed by atoms with van der Waals surface area (Å²) in [6.45, 7) is 7.82. The molecule has 5 heteroatoms. The van der Waals surface area contributed by atoms with Crippen molar-refractivity contribution in [3.05, 3.63) is 52.5 Å². The molecule has 0 aromatic heterocycles. The van der Waals surface area contributed by atoms with Crippen molar-refractivity contribution in [3.63, 3.8) is 0 Å². The lowest BCUT2D eigenvalue weighted by molar-refractivity contribution is 0.214. The van der Waals surface area contributed by atoms with Crippen molar-refractivity contribution in [2.24, 2.45) is 0 Å². The van der Waals surface area contributed by atoms with E-state index in [1.807, 2.05) is 18.2 Å². The molecule has 0 saturated carbocycles. The largest absolute Gasteiger partial charge is 0.493 e. The molecule has 2 unspecified atom stereocenters. The molecule has 2 rings (SSSR count). The Morgan fingerprint density at radius 2 is 1.67 bits per heavy atom. The highest BCUT2D eigenvalue weighted by atomic mass is 35.5. The van der Waals surface area contributed by atoms with Crippen molar-refractivity contribution in [1.29, 1.82) is 0 Å². The van der Waals surface area contributed by atoms with Gasteiger partial charge in [-0.3, -0.25) is 0 Å². The standard InChI is InChI=1S/C22H30ClNO3/c1-6-15(2)18-9-7-8-10-20(18)27-16(3)13-24-14-17-11-21(25-4)22(26-5)12-19(17)23/h7-12,15-16,24H,6,13-14H2,1-5H3. The summed E-state index contributed by atoms with van der Waals surface area (Å²) in [5.74, 6) is 2.74. The Bertz CT molecular complexity index is 735. The number of benzene rings is 2. The van der Waals surface area contributed by atoms with E-state index in [2.05, 4.69) is 38.2 Å². The number of ether oxygens (including phenoxy) is 3. The molecule has 4 nitrogen and oxygen atoms in total. The maximum atomic E-state index is 6.35. The number of para-hydroxylation sites is 1. The molecular weight excluding hydrogens is 362 g/mol. The molecule has 0 amide bonds. The van der Waals surface area contributed by atoms with Gasteiger partial charge in [-0.1, -0.05) is 43.6 Å². The van der Waals surface area contributed by atoms with E-state index in [0.717, 1.165) is 17.7 Å². The first kappa shape index (κ1) is 21.4. The van der Waals surface area contributed by atoms with E-state index in [-0.39, 0.29) is 6.10 Å². The summed E-state index contributed by atoms with van der Waals surface area (Å²) >= 11 is 6.35. The summed E-state index contributed by atoms with van der Waals surface area (Å²) in [5.41, 5.74) is 2.22. The highest BCUT2D eigenvalue weighted by Gasteiger charge is 2.13. The summed E-state index contributed by atoms with van der Waals surface area (Å²) in [6.07, 6.45) is 1.12. The zero-order valence-electron chi connectivity index (χ0n) is 16.8. The molecule has 0 aliphatic rings. The van der Waals surface area contributed by atoms with Crippen LogP contribution in [0.25, 0.3) is 0 Å². The van der Waals surface area contributed by atoms with Crippen LogP contribution in [0.4, 0.5) is 0 Å². The molecule has 0 aliphatic heterocycles. The van der Waals surface area contributed by atoms with Crippen molar-refractivity contribution >= 4 is 11.6 Å². The van der Waals surface area contributed by atoms with Crippen LogP contribution in [0.1, 0.15) is 44.2 Å². The highest BCUT2D eigenvalue weighted by Crippen LogP contribution is 2.33. The minimum atomic E-state index is 0.0362. The van der Waals surface area contributed by atoms with Crippen LogP contribution < -0.4 is 19.5 Å². The number of hydrogen-bond donors (Lipinski definition) is 1. The van der Waals surface area contributed by atoms with E-state index >= 15 is 0 Å². The van der Waals surface area contributed by atoms with Gasteiger partial charge in [-0.25, -0.2) is 0 Å². The first-order valence-corrected chi connectivity index (χ1v) is 9.74. The van der Waals surface area contributed by atoms with E-state index in [4.69, 9.17) is 25.8 Å². The number of nitrogens with one attached hydrogen (secondary N) is 1. The molecule has 0 aliphatic carbocycles. The lowest BCUT2D eigenvalue weighted by Crippen LogP contribution is -2.29. The van der Waals surface area contributed by atoms with Crippen LogP contribution in [-0.4, -0.2) is 26.9 Å². The molecule has 0 spiro atoms. The van der Waals surface area contributed by atoms with Crippen molar-refractivity contribution < 1.29 is 14.2 Å². The van der Waals surface area contributed by atoms with E-state index in [0.29, 0.717) is 35.5 Å². The molecule has 0 saturated heterocycles. The van der Waals surface area contributed by atoms with E-state index < -0.39 is 0 Å². The predicted molar refractivity (Wildman–Crippen MR) is 112 cm³/mol. The summed E-state index contributed by atoms with van der Waals surface area (Å²) in [4.78, 5) is 0. The first-order valence-electron chi connectivity index (χ1n) is 9.36. The Hall–Kier alpha value is -1.91. The van der Waals surface area contributed by atoms with Crippen LogP contribution in [0.5, 0.6) is 17.2 Å². The second kappa shape index (κ2) is 10.4. The van der Waals surface area contributed by atoms with Gasteiger partial charge in [-0.15, -0.1) is 0 Å². The van der Waals surface area contributed by atoms with Gasteiger partial charge in [0.25, 0.3) is 0 Å². The lowest BCUT2D eigenvalue weighted by Gasteiger charge is -2.20. The van der Waals surface area contributed by atoms with Gasteiger partial charge in [0.15, 0.2) is 11.5 Å². The number of methoxy groups -OCH3 is 2. The topological polar surface area (TPSA) is 39.7 Å². The SMILES string of the molecule is CCC(C)c1ccccc1OC(C)CNCc1cc(OC)c(OC)cc1Cl. The zero-order chi connectivity index (χ0) is 19.8. The van der Waals surface area contributed by atoms with Gasteiger partial charge in [0.2, 0.25) is 0 Å². The minimum Gasteiger partial charge on any atom is -0.493 e. The molecule has 0 radical (unpaired) electrons. The van der Waals surface area contributed by atoms with Gasteiger partial charge in [0, 0.05) is 24.2 Å². The van der Waals surface area contributed by atoms with Crippen molar-refractivity contribution in [2.45, 2.75) is 45.8 Å². The van der Waals surface area contributed by atoms with Gasteiger partial charge >= 0.3 is 0 Å². The second-order valence-corrected chi connectivity index (χ2v) is 7.11. The molecule has 1 N–H and O–H groups in total. The van der Waals surface area contributed by atoms with Crippen LogP contribution in [0.2, 0.25) is 5.02 Å². The summed E-state index contributed by atoms with van der Waals surface area (Å²) in [7, 11) is 3.22. The molecule has 0 fully saturated rings. The second-order valence-electron chi connectivity index (χ2n) is 6.71. The number of hydrogen-bond acceptors (Lipinski definition) is 4. The van der Waals surface area contributed by atoms with Gasteiger partial charge in [-0.05, 0) is 42.5 Å². The fourth-order valence-corrected chi connectivity index (χ4v) is 3.14. The molecule has 2 aromatic carbocycles. The number of halogens is 1. The average Bonchev–Trinajstić information content (AvgIpc) is 2.68. The average molecular weight is 392 g/mol. The molecular formula is C22H30ClNO3. The fourth-order valence-electron chi connectivity index (χ4n) is 2.92. The number of rotatable bonds is 10. The van der Waals surface area contributed by atoms with Crippen LogP contribution in [0, 0.1) is 0 Å². The quantitative estimate of drug-likeness (QED) is 0.586. The monoisotopic (exact) mass is 391 g/mol. The molecule has 2 aromatic rings.